The van der Waals surface area contributed by atoms with E-state index in [0.29, 0.717) is 0 Å². The lowest BCUT2D eigenvalue weighted by molar-refractivity contribution is 1.07. The summed E-state index contributed by atoms with van der Waals surface area (Å²) >= 11 is 5.39. The SMILES string of the molecule is N#CNc1nc(N)nc(Cl)n1. The number of hydrogen-bond acceptors (Lipinski definition) is 6. The Morgan fingerprint density at radius 1 is 1.45 bits per heavy atom. The third kappa shape index (κ3) is 1.91. The minimum atomic E-state index is -0.0461. The van der Waals surface area contributed by atoms with Gasteiger partial charge in [0, 0.05) is 0 Å². The number of nitrogen functional groups attached to an aromatic ring is 1. The smallest absolute Gasteiger partial charge is 0.242 e. The highest BCUT2D eigenvalue weighted by molar-refractivity contribution is 6.28. The van der Waals surface area contributed by atoms with Crippen molar-refractivity contribution in [3.63, 3.8) is 0 Å². The van der Waals surface area contributed by atoms with Gasteiger partial charge in [0.05, 0.1) is 0 Å². The van der Waals surface area contributed by atoms with Gasteiger partial charge in [0.2, 0.25) is 17.2 Å². The maximum Gasteiger partial charge on any atom is 0.242 e. The van der Waals surface area contributed by atoms with Crippen molar-refractivity contribution in [1.82, 2.24) is 15.0 Å². The van der Waals surface area contributed by atoms with Crippen LogP contribution in [0, 0.1) is 11.5 Å². The zero-order valence-corrected chi connectivity index (χ0v) is 6.00. The third-order valence-corrected chi connectivity index (χ3v) is 0.962. The van der Waals surface area contributed by atoms with Crippen molar-refractivity contribution in [2.24, 2.45) is 0 Å². The largest absolute Gasteiger partial charge is 0.368 e. The summed E-state index contributed by atoms with van der Waals surface area (Å²) in [5, 5.41) is 10.3. The number of nitrogens with two attached hydrogens (primary N) is 1. The average Bonchev–Trinajstić information content (AvgIpc) is 1.85. The second-order valence-electron chi connectivity index (χ2n) is 1.52. The zero-order valence-electron chi connectivity index (χ0n) is 5.24. The molecule has 56 valence electrons. The molecule has 0 radical (unpaired) electrons. The second-order valence-corrected chi connectivity index (χ2v) is 1.86. The van der Waals surface area contributed by atoms with Crippen molar-refractivity contribution in [3.8, 4) is 6.19 Å². The molecule has 0 aliphatic rings. The molecule has 1 rings (SSSR count). The number of rotatable bonds is 1. The summed E-state index contributed by atoms with van der Waals surface area (Å²) in [6, 6.07) is 0. The number of nitriles is 1. The second kappa shape index (κ2) is 2.98. The van der Waals surface area contributed by atoms with Gasteiger partial charge in [0.25, 0.3) is 0 Å². The normalized spacial score (nSPS) is 8.73. The molecule has 1 aromatic heterocycles. The van der Waals surface area contributed by atoms with Crippen molar-refractivity contribution in [2.45, 2.75) is 0 Å². The van der Waals surface area contributed by atoms with Gasteiger partial charge < -0.3 is 5.73 Å². The van der Waals surface area contributed by atoms with E-state index in [1.165, 1.54) is 0 Å². The number of nitrogens with zero attached hydrogens (tertiary/aromatic N) is 4. The van der Waals surface area contributed by atoms with E-state index in [1.54, 1.807) is 6.19 Å². The molecule has 1 heterocycles. The van der Waals surface area contributed by atoms with Gasteiger partial charge in [0.1, 0.15) is 0 Å². The fourth-order valence-electron chi connectivity index (χ4n) is 0.471. The van der Waals surface area contributed by atoms with Crippen molar-refractivity contribution < 1.29 is 0 Å². The molecule has 0 aliphatic carbocycles. The Morgan fingerprint density at radius 2 is 2.18 bits per heavy atom. The fourth-order valence-corrected chi connectivity index (χ4v) is 0.638. The molecule has 0 saturated carbocycles. The molecule has 1 aromatic rings. The summed E-state index contributed by atoms with van der Waals surface area (Å²) in [4.78, 5) is 10.6. The molecule has 6 nitrogen and oxygen atoms in total. The molecule has 0 fully saturated rings. The number of anilines is 2. The minimum absolute atomic E-state index is 0.0252. The standard InChI is InChI=1S/C4H3ClN6/c5-2-9-3(7)11-4(10-2)8-1-6/h(H3,7,8,9,10,11). The van der Waals surface area contributed by atoms with Crippen LogP contribution in [0.5, 0.6) is 0 Å². The van der Waals surface area contributed by atoms with Gasteiger partial charge in [-0.1, -0.05) is 0 Å². The number of nitrogens with one attached hydrogen (secondary N) is 1. The lowest BCUT2D eigenvalue weighted by Crippen LogP contribution is -2.02. The molecule has 3 N–H and O–H groups in total. The van der Waals surface area contributed by atoms with Crippen LogP contribution in [0.15, 0.2) is 0 Å². The molecular weight excluding hydrogens is 168 g/mol. The molecule has 0 bridgehead atoms. The first-order valence-electron chi connectivity index (χ1n) is 2.54. The predicted molar refractivity (Wildman–Crippen MR) is 38.5 cm³/mol. The molecular formula is C4H3ClN6. The van der Waals surface area contributed by atoms with Crippen molar-refractivity contribution in [2.75, 3.05) is 11.1 Å². The van der Waals surface area contributed by atoms with Crippen LogP contribution in [0.4, 0.5) is 11.9 Å². The summed E-state index contributed by atoms with van der Waals surface area (Å²) in [6.45, 7) is 0. The topological polar surface area (TPSA) is 101 Å². The lowest BCUT2D eigenvalue weighted by atomic mass is 10.9. The van der Waals surface area contributed by atoms with E-state index >= 15 is 0 Å². The van der Waals surface area contributed by atoms with Crippen LogP contribution in [0.3, 0.4) is 0 Å². The zero-order chi connectivity index (χ0) is 8.27. The highest BCUT2D eigenvalue weighted by atomic mass is 35.5. The van der Waals surface area contributed by atoms with Crippen LogP contribution in [0.2, 0.25) is 5.28 Å². The van der Waals surface area contributed by atoms with E-state index in [-0.39, 0.29) is 17.2 Å². The summed E-state index contributed by atoms with van der Waals surface area (Å²) in [5.74, 6) is 0.0211. The quantitative estimate of drug-likeness (QED) is 0.455. The summed E-state index contributed by atoms with van der Waals surface area (Å²) in [5.41, 5.74) is 5.19. The molecule has 0 aliphatic heterocycles. The molecule has 0 unspecified atom stereocenters. The fraction of sp³-hybridized carbons (Fsp3) is 0. The molecule has 0 saturated heterocycles. The van der Waals surface area contributed by atoms with Crippen LogP contribution in [-0.2, 0) is 0 Å². The Bertz CT molecular complexity index is 284. The van der Waals surface area contributed by atoms with Crippen molar-refractivity contribution in [3.05, 3.63) is 5.28 Å². The molecule has 0 spiro atoms. The maximum absolute atomic E-state index is 8.16. The van der Waals surface area contributed by atoms with E-state index in [2.05, 4.69) is 20.3 Å². The minimum Gasteiger partial charge on any atom is -0.368 e. The van der Waals surface area contributed by atoms with Crippen molar-refractivity contribution in [1.29, 1.82) is 5.26 Å². The Labute approximate surface area is 67.0 Å². The van der Waals surface area contributed by atoms with E-state index < -0.39 is 0 Å². The van der Waals surface area contributed by atoms with E-state index in [9.17, 15) is 0 Å². The van der Waals surface area contributed by atoms with Gasteiger partial charge in [-0.2, -0.15) is 20.2 Å². The first-order chi connectivity index (χ1) is 5.22. The van der Waals surface area contributed by atoms with Gasteiger partial charge in [-0.25, -0.2) is 0 Å². The maximum atomic E-state index is 8.16. The van der Waals surface area contributed by atoms with Crippen LogP contribution in [-0.4, -0.2) is 15.0 Å². The molecule has 7 heteroatoms. The van der Waals surface area contributed by atoms with Crippen molar-refractivity contribution >= 4 is 23.5 Å². The highest BCUT2D eigenvalue weighted by Gasteiger charge is 1.99. The van der Waals surface area contributed by atoms with Gasteiger partial charge in [-0.3, -0.25) is 5.32 Å². The van der Waals surface area contributed by atoms with Gasteiger partial charge >= 0.3 is 0 Å². The predicted octanol–water partition coefficient (Wildman–Crippen LogP) is 0.000180. The molecule has 0 amide bonds. The van der Waals surface area contributed by atoms with E-state index in [1.807, 2.05) is 0 Å². The molecule has 0 aromatic carbocycles. The first kappa shape index (κ1) is 7.50. The van der Waals surface area contributed by atoms with Crippen LogP contribution in [0.25, 0.3) is 0 Å². The number of halogens is 1. The first-order valence-corrected chi connectivity index (χ1v) is 2.92. The Morgan fingerprint density at radius 3 is 2.73 bits per heavy atom. The Kier molecular flexibility index (Phi) is 2.03. The summed E-state index contributed by atoms with van der Waals surface area (Å²) in [7, 11) is 0. The van der Waals surface area contributed by atoms with E-state index in [0.717, 1.165) is 0 Å². The van der Waals surface area contributed by atoms with Crippen LogP contribution >= 0.6 is 11.6 Å². The van der Waals surface area contributed by atoms with Crippen LogP contribution in [0.1, 0.15) is 0 Å². The van der Waals surface area contributed by atoms with Crippen LogP contribution < -0.4 is 11.1 Å². The van der Waals surface area contributed by atoms with Gasteiger partial charge in [-0.15, -0.1) is 0 Å². The summed E-state index contributed by atoms with van der Waals surface area (Å²) in [6.07, 6.45) is 1.62. The lowest BCUT2D eigenvalue weighted by Gasteiger charge is -1.95. The van der Waals surface area contributed by atoms with Gasteiger partial charge in [-0.05, 0) is 11.6 Å². The van der Waals surface area contributed by atoms with Gasteiger partial charge in [0.15, 0.2) is 6.19 Å². The Hall–Kier alpha value is -1.61. The Balaban J connectivity index is 3.01. The third-order valence-electron chi connectivity index (χ3n) is 0.793. The summed E-state index contributed by atoms with van der Waals surface area (Å²) < 4.78 is 0. The average molecular weight is 171 g/mol. The monoisotopic (exact) mass is 170 g/mol. The molecule has 11 heavy (non-hydrogen) atoms. The number of aromatic nitrogens is 3. The van der Waals surface area contributed by atoms with E-state index in [4.69, 9.17) is 22.6 Å². The highest BCUT2D eigenvalue weighted by Crippen LogP contribution is 2.05. The number of hydrogen-bond donors (Lipinski definition) is 2. The molecule has 0 atom stereocenters.